The lowest BCUT2D eigenvalue weighted by Crippen LogP contribution is -2.32. The zero-order chi connectivity index (χ0) is 27.4. The lowest BCUT2D eigenvalue weighted by atomic mass is 10.0. The van der Waals surface area contributed by atoms with E-state index < -0.39 is 0 Å². The Bertz CT molecular complexity index is 1610. The summed E-state index contributed by atoms with van der Waals surface area (Å²) in [5.41, 5.74) is 6.00. The fourth-order valence-electron chi connectivity index (χ4n) is 5.22. The zero-order valence-corrected chi connectivity index (χ0v) is 22.9. The third kappa shape index (κ3) is 5.91. The number of aryl methyl sites for hydroxylation is 2. The smallest absolute Gasteiger partial charge is 0.252 e. The number of pyridine rings is 1. The second-order valence-electron chi connectivity index (χ2n) is 10.0. The molecule has 0 aliphatic carbocycles. The van der Waals surface area contributed by atoms with E-state index in [1.165, 1.54) is 0 Å². The van der Waals surface area contributed by atoms with E-state index in [0.717, 1.165) is 51.2 Å². The number of benzene rings is 3. The maximum absolute atomic E-state index is 13.3. The maximum Gasteiger partial charge on any atom is 0.252 e. The molecule has 0 fully saturated rings. The number of aromatic amines is 1. The number of nitrogens with zero attached hydrogens (tertiary/aromatic N) is 5. The van der Waals surface area contributed by atoms with Crippen molar-refractivity contribution < 1.29 is 4.74 Å². The highest BCUT2D eigenvalue weighted by Gasteiger charge is 2.26. The average molecular weight is 523 g/mol. The molecule has 5 rings (SSSR count). The number of tetrazole rings is 1. The summed E-state index contributed by atoms with van der Waals surface area (Å²) in [6.07, 6.45) is 0.773. The minimum Gasteiger partial charge on any atom is -0.497 e. The predicted molar refractivity (Wildman–Crippen MR) is 153 cm³/mol. The number of hydrogen-bond acceptors (Lipinski definition) is 6. The van der Waals surface area contributed by atoms with Crippen LogP contribution in [0.4, 0.5) is 0 Å². The molecule has 5 aromatic rings. The molecule has 1 N–H and O–H groups in total. The molecule has 39 heavy (non-hydrogen) atoms. The number of fused-ring (bicyclic) bond motifs is 1. The van der Waals surface area contributed by atoms with Crippen molar-refractivity contribution in [3.8, 4) is 5.75 Å². The van der Waals surface area contributed by atoms with Gasteiger partial charge in [-0.3, -0.25) is 9.69 Å². The van der Waals surface area contributed by atoms with Gasteiger partial charge in [0.15, 0.2) is 5.82 Å². The molecule has 1 atom stereocenters. The van der Waals surface area contributed by atoms with Crippen LogP contribution < -0.4 is 10.3 Å². The van der Waals surface area contributed by atoms with Crippen LogP contribution in [0.2, 0.25) is 0 Å². The van der Waals surface area contributed by atoms with Crippen LogP contribution >= 0.6 is 0 Å². The standard InChI is InChI=1S/C31H34N6O2/c1-5-29(30-33-34-35-37(30)19-23-9-7-6-8-10-23)36(18-24-11-13-26(39-4)14-12-24)20-25-17-27-22(3)15-21(2)16-28(27)32-31(25)38/h6-17,29H,5,18-20H2,1-4H3,(H,32,38)/t29-/m1/s1. The molecule has 200 valence electrons. The minimum atomic E-state index is -0.111. The van der Waals surface area contributed by atoms with Crippen molar-refractivity contribution in [1.82, 2.24) is 30.1 Å². The fraction of sp³-hybridized carbons (Fsp3) is 0.290. The number of methoxy groups -OCH3 is 1. The Balaban J connectivity index is 1.53. The Morgan fingerprint density at radius 3 is 2.46 bits per heavy atom. The summed E-state index contributed by atoms with van der Waals surface area (Å²) in [6, 6.07) is 24.3. The first-order valence-corrected chi connectivity index (χ1v) is 13.2. The maximum atomic E-state index is 13.3. The van der Waals surface area contributed by atoms with Gasteiger partial charge in [0.2, 0.25) is 0 Å². The third-order valence-electron chi connectivity index (χ3n) is 7.17. The Hall–Kier alpha value is -4.30. The Labute approximate surface area is 228 Å². The van der Waals surface area contributed by atoms with Crippen LogP contribution in [0.1, 0.15) is 53.0 Å². The number of hydrogen-bond donors (Lipinski definition) is 1. The summed E-state index contributed by atoms with van der Waals surface area (Å²) < 4.78 is 7.22. The van der Waals surface area contributed by atoms with Crippen LogP contribution in [0, 0.1) is 13.8 Å². The molecule has 0 saturated carbocycles. The molecule has 0 saturated heterocycles. The van der Waals surface area contributed by atoms with Gasteiger partial charge in [0, 0.05) is 29.6 Å². The summed E-state index contributed by atoms with van der Waals surface area (Å²) in [4.78, 5) is 18.7. The molecule has 2 heterocycles. The molecule has 2 aromatic heterocycles. The van der Waals surface area contributed by atoms with E-state index in [1.54, 1.807) is 7.11 Å². The topological polar surface area (TPSA) is 88.9 Å². The van der Waals surface area contributed by atoms with E-state index in [9.17, 15) is 4.79 Å². The summed E-state index contributed by atoms with van der Waals surface area (Å²) in [5, 5.41) is 13.9. The molecular formula is C31H34N6O2. The predicted octanol–water partition coefficient (Wildman–Crippen LogP) is 5.34. The van der Waals surface area contributed by atoms with Crippen molar-refractivity contribution in [1.29, 1.82) is 0 Å². The van der Waals surface area contributed by atoms with E-state index >= 15 is 0 Å². The molecular weight excluding hydrogens is 488 g/mol. The lowest BCUT2D eigenvalue weighted by molar-refractivity contribution is 0.161. The summed E-state index contributed by atoms with van der Waals surface area (Å²) >= 11 is 0. The van der Waals surface area contributed by atoms with Gasteiger partial charge in [0.05, 0.1) is 19.7 Å². The Morgan fingerprint density at radius 1 is 0.974 bits per heavy atom. The molecule has 0 spiro atoms. The number of rotatable bonds is 10. The molecule has 0 bridgehead atoms. The first-order chi connectivity index (χ1) is 18.9. The fourth-order valence-corrected chi connectivity index (χ4v) is 5.22. The SMILES string of the molecule is CC[C@H](c1nnnn1Cc1ccccc1)N(Cc1ccc(OC)cc1)Cc1cc2c(C)cc(C)cc2[nH]c1=O. The molecule has 0 amide bonds. The van der Waals surface area contributed by atoms with E-state index in [-0.39, 0.29) is 11.6 Å². The Kier molecular flexibility index (Phi) is 7.84. The molecule has 8 nitrogen and oxygen atoms in total. The summed E-state index contributed by atoms with van der Waals surface area (Å²) in [5.74, 6) is 1.58. The van der Waals surface area contributed by atoms with E-state index in [2.05, 4.69) is 69.6 Å². The number of nitrogens with one attached hydrogen (secondary N) is 1. The molecule has 0 aliphatic heterocycles. The largest absolute Gasteiger partial charge is 0.497 e. The van der Waals surface area contributed by atoms with Gasteiger partial charge in [-0.1, -0.05) is 55.5 Å². The number of ether oxygens (including phenoxy) is 1. The van der Waals surface area contributed by atoms with E-state index in [4.69, 9.17) is 4.74 Å². The quantitative estimate of drug-likeness (QED) is 0.266. The Morgan fingerprint density at radius 2 is 1.74 bits per heavy atom. The van der Waals surface area contributed by atoms with Crippen LogP contribution in [0.15, 0.2) is 77.6 Å². The number of aromatic nitrogens is 5. The van der Waals surface area contributed by atoms with Crippen LogP contribution in [-0.4, -0.2) is 37.2 Å². The molecule has 3 aromatic carbocycles. The zero-order valence-electron chi connectivity index (χ0n) is 22.9. The van der Waals surface area contributed by atoms with Crippen LogP contribution in [0.25, 0.3) is 10.9 Å². The highest BCUT2D eigenvalue weighted by molar-refractivity contribution is 5.83. The normalized spacial score (nSPS) is 12.2. The third-order valence-corrected chi connectivity index (χ3v) is 7.17. The molecule has 0 aliphatic rings. The second kappa shape index (κ2) is 11.6. The monoisotopic (exact) mass is 522 g/mol. The van der Waals surface area contributed by atoms with Crippen molar-refractivity contribution in [2.24, 2.45) is 0 Å². The van der Waals surface area contributed by atoms with Gasteiger partial charge >= 0.3 is 0 Å². The first-order valence-electron chi connectivity index (χ1n) is 13.2. The average Bonchev–Trinajstić information content (AvgIpc) is 3.38. The van der Waals surface area contributed by atoms with Gasteiger partial charge in [-0.25, -0.2) is 4.68 Å². The second-order valence-corrected chi connectivity index (χ2v) is 10.0. The van der Waals surface area contributed by atoms with E-state index in [0.29, 0.717) is 25.2 Å². The van der Waals surface area contributed by atoms with Crippen LogP contribution in [-0.2, 0) is 19.6 Å². The molecule has 8 heteroatoms. The summed E-state index contributed by atoms with van der Waals surface area (Å²) in [7, 11) is 1.66. The molecule has 0 unspecified atom stereocenters. The van der Waals surface area contributed by atoms with Gasteiger partial charge in [-0.05, 0) is 77.2 Å². The van der Waals surface area contributed by atoms with Gasteiger partial charge in [0.1, 0.15) is 5.75 Å². The minimum absolute atomic E-state index is 0.0778. The lowest BCUT2D eigenvalue weighted by Gasteiger charge is -2.30. The van der Waals surface area contributed by atoms with Gasteiger partial charge in [-0.2, -0.15) is 0 Å². The van der Waals surface area contributed by atoms with Crippen molar-refractivity contribution in [3.05, 3.63) is 117 Å². The van der Waals surface area contributed by atoms with Crippen LogP contribution in [0.3, 0.4) is 0 Å². The van der Waals surface area contributed by atoms with Crippen molar-refractivity contribution in [2.75, 3.05) is 7.11 Å². The van der Waals surface area contributed by atoms with Gasteiger partial charge in [-0.15, -0.1) is 5.10 Å². The van der Waals surface area contributed by atoms with Crippen molar-refractivity contribution >= 4 is 10.9 Å². The highest BCUT2D eigenvalue weighted by atomic mass is 16.5. The number of H-pyrrole nitrogens is 1. The van der Waals surface area contributed by atoms with Crippen molar-refractivity contribution in [3.63, 3.8) is 0 Å². The van der Waals surface area contributed by atoms with Gasteiger partial charge in [0.25, 0.3) is 5.56 Å². The van der Waals surface area contributed by atoms with Crippen molar-refractivity contribution in [2.45, 2.75) is 52.9 Å². The van der Waals surface area contributed by atoms with E-state index in [1.807, 2.05) is 54.1 Å². The molecule has 0 radical (unpaired) electrons. The highest BCUT2D eigenvalue weighted by Crippen LogP contribution is 2.28. The van der Waals surface area contributed by atoms with Crippen LogP contribution in [0.5, 0.6) is 5.75 Å². The first kappa shape index (κ1) is 26.3. The summed E-state index contributed by atoms with van der Waals surface area (Å²) in [6.45, 7) is 7.89. The van der Waals surface area contributed by atoms with Gasteiger partial charge < -0.3 is 9.72 Å².